The first-order valence-corrected chi connectivity index (χ1v) is 3.26. The van der Waals surface area contributed by atoms with Crippen LogP contribution in [0.1, 0.15) is 13.3 Å². The van der Waals surface area contributed by atoms with Gasteiger partial charge in [-0.1, -0.05) is 18.6 Å². The number of nitrogens with one attached hydrogen (secondary N) is 2. The van der Waals surface area contributed by atoms with Gasteiger partial charge in [0.05, 0.1) is 0 Å². The van der Waals surface area contributed by atoms with Crippen molar-refractivity contribution in [3.63, 3.8) is 0 Å². The van der Waals surface area contributed by atoms with E-state index < -0.39 is 0 Å². The van der Waals surface area contributed by atoms with Crippen LogP contribution >= 0.6 is 0 Å². The van der Waals surface area contributed by atoms with E-state index in [9.17, 15) is 0 Å². The summed E-state index contributed by atoms with van der Waals surface area (Å²) < 4.78 is 0. The van der Waals surface area contributed by atoms with Crippen LogP contribution in [0.2, 0.25) is 0 Å². The van der Waals surface area contributed by atoms with Gasteiger partial charge in [0.2, 0.25) is 0 Å². The Morgan fingerprint density at radius 1 is 1.67 bits per heavy atom. The smallest absolute Gasteiger partial charge is 0.0361 e. The third kappa shape index (κ3) is 1.90. The summed E-state index contributed by atoms with van der Waals surface area (Å²) in [4.78, 5) is 0. The summed E-state index contributed by atoms with van der Waals surface area (Å²) in [5.74, 6) is 0. The summed E-state index contributed by atoms with van der Waals surface area (Å²) in [6, 6.07) is 0. The average molecular weight is 124 g/mol. The van der Waals surface area contributed by atoms with Crippen molar-refractivity contribution < 1.29 is 0 Å². The van der Waals surface area contributed by atoms with Gasteiger partial charge in [-0.25, -0.2) is 5.43 Å². The molecule has 2 N–H and O–H groups in total. The van der Waals surface area contributed by atoms with Crippen molar-refractivity contribution >= 4 is 0 Å². The second-order valence-electron chi connectivity index (χ2n) is 2.04. The minimum absolute atomic E-state index is 0.948. The normalized spacial score (nSPS) is 18.1. The summed E-state index contributed by atoms with van der Waals surface area (Å²) in [5.41, 5.74) is 7.40. The molecule has 0 saturated heterocycles. The van der Waals surface area contributed by atoms with E-state index in [1.54, 1.807) is 0 Å². The summed E-state index contributed by atoms with van der Waals surface area (Å²) in [6.45, 7) is 3.11. The van der Waals surface area contributed by atoms with E-state index in [4.69, 9.17) is 0 Å². The molecule has 50 valence electrons. The van der Waals surface area contributed by atoms with Gasteiger partial charge in [-0.3, -0.25) is 0 Å². The Hall–Kier alpha value is -0.760. The molecule has 1 heterocycles. The first kappa shape index (κ1) is 6.36. The zero-order valence-electron chi connectivity index (χ0n) is 5.65. The van der Waals surface area contributed by atoms with Crippen molar-refractivity contribution in [3.8, 4) is 0 Å². The van der Waals surface area contributed by atoms with Gasteiger partial charge in [-0.2, -0.15) is 0 Å². The molecule has 0 saturated carbocycles. The van der Waals surface area contributed by atoms with Crippen LogP contribution in [0.4, 0.5) is 0 Å². The molecule has 0 aromatic heterocycles. The highest BCUT2D eigenvalue weighted by atomic mass is 15.3. The van der Waals surface area contributed by atoms with Gasteiger partial charge in [0.1, 0.15) is 0 Å². The van der Waals surface area contributed by atoms with Crippen molar-refractivity contribution in [1.29, 1.82) is 0 Å². The van der Waals surface area contributed by atoms with Crippen LogP contribution in [0.25, 0.3) is 0 Å². The van der Waals surface area contributed by atoms with E-state index in [1.165, 1.54) is 5.57 Å². The molecule has 0 fully saturated rings. The molecular formula is C7H12N2. The van der Waals surface area contributed by atoms with Gasteiger partial charge in [-0.15, -0.1) is 0 Å². The molecule has 0 aromatic carbocycles. The van der Waals surface area contributed by atoms with E-state index in [0.717, 1.165) is 13.0 Å². The number of hydrazine groups is 1. The highest BCUT2D eigenvalue weighted by Crippen LogP contribution is 1.99. The fourth-order valence-electron chi connectivity index (χ4n) is 0.758. The maximum Gasteiger partial charge on any atom is 0.0361 e. The van der Waals surface area contributed by atoms with Gasteiger partial charge in [-0.05, 0) is 12.5 Å². The zero-order valence-corrected chi connectivity index (χ0v) is 5.65. The SMILES string of the molecule is CCC1=CC=CNNC1. The molecule has 0 bridgehead atoms. The van der Waals surface area contributed by atoms with Gasteiger partial charge in [0.25, 0.3) is 0 Å². The van der Waals surface area contributed by atoms with E-state index in [2.05, 4.69) is 23.9 Å². The summed E-state index contributed by atoms with van der Waals surface area (Å²) in [5, 5.41) is 0. The predicted octanol–water partition coefficient (Wildman–Crippen LogP) is 0.944. The Morgan fingerprint density at radius 2 is 2.56 bits per heavy atom. The topological polar surface area (TPSA) is 24.1 Å². The van der Waals surface area contributed by atoms with Gasteiger partial charge in [0.15, 0.2) is 0 Å². The highest BCUT2D eigenvalue weighted by Gasteiger charge is 1.92. The molecular weight excluding hydrogens is 112 g/mol. The zero-order chi connectivity index (χ0) is 6.53. The largest absolute Gasteiger partial charge is 0.328 e. The quantitative estimate of drug-likeness (QED) is 0.543. The maximum absolute atomic E-state index is 3.04. The maximum atomic E-state index is 3.04. The Balaban J connectivity index is 2.49. The third-order valence-corrected chi connectivity index (χ3v) is 1.38. The summed E-state index contributed by atoms with van der Waals surface area (Å²) in [7, 11) is 0. The Bertz CT molecular complexity index is 136. The van der Waals surface area contributed by atoms with Crippen LogP contribution in [0, 0.1) is 0 Å². The van der Waals surface area contributed by atoms with Gasteiger partial charge >= 0.3 is 0 Å². The molecule has 0 unspecified atom stereocenters. The second kappa shape index (κ2) is 3.30. The average Bonchev–Trinajstić information content (AvgIpc) is 2.13. The molecule has 9 heavy (non-hydrogen) atoms. The molecule has 0 aromatic rings. The first-order chi connectivity index (χ1) is 4.43. The third-order valence-electron chi connectivity index (χ3n) is 1.38. The predicted molar refractivity (Wildman–Crippen MR) is 38.7 cm³/mol. The Morgan fingerprint density at radius 3 is 3.33 bits per heavy atom. The molecule has 1 aliphatic rings. The van der Waals surface area contributed by atoms with E-state index in [-0.39, 0.29) is 0 Å². The summed E-state index contributed by atoms with van der Waals surface area (Å²) >= 11 is 0. The van der Waals surface area contributed by atoms with E-state index in [0.29, 0.717) is 0 Å². The Kier molecular flexibility index (Phi) is 2.33. The molecule has 2 nitrogen and oxygen atoms in total. The summed E-state index contributed by atoms with van der Waals surface area (Å²) in [6.07, 6.45) is 7.16. The van der Waals surface area contributed by atoms with E-state index >= 15 is 0 Å². The molecule has 0 aliphatic carbocycles. The molecule has 1 aliphatic heterocycles. The highest BCUT2D eigenvalue weighted by molar-refractivity contribution is 5.14. The van der Waals surface area contributed by atoms with Crippen LogP contribution in [0.5, 0.6) is 0 Å². The van der Waals surface area contributed by atoms with Gasteiger partial charge in [0, 0.05) is 12.7 Å². The second-order valence-corrected chi connectivity index (χ2v) is 2.04. The standard InChI is InChI=1S/C7H12N2/c1-2-7-4-3-5-8-9-6-7/h3-5,8-9H,2,6H2,1H3. The Labute approximate surface area is 55.6 Å². The minimum Gasteiger partial charge on any atom is -0.328 e. The number of hydrogen-bond donors (Lipinski definition) is 2. The first-order valence-electron chi connectivity index (χ1n) is 3.26. The van der Waals surface area contributed by atoms with Crippen molar-refractivity contribution in [1.82, 2.24) is 10.9 Å². The number of rotatable bonds is 1. The minimum atomic E-state index is 0.948. The van der Waals surface area contributed by atoms with Gasteiger partial charge < -0.3 is 5.43 Å². The monoisotopic (exact) mass is 124 g/mol. The molecule has 2 heteroatoms. The van der Waals surface area contributed by atoms with Crippen LogP contribution in [0.3, 0.4) is 0 Å². The fraction of sp³-hybridized carbons (Fsp3) is 0.429. The molecule has 0 atom stereocenters. The van der Waals surface area contributed by atoms with Crippen LogP contribution in [0.15, 0.2) is 23.9 Å². The van der Waals surface area contributed by atoms with Crippen molar-refractivity contribution in [3.05, 3.63) is 23.9 Å². The van der Waals surface area contributed by atoms with Crippen LogP contribution < -0.4 is 10.9 Å². The molecule has 0 amide bonds. The molecule has 0 spiro atoms. The molecule has 1 rings (SSSR count). The lowest BCUT2D eigenvalue weighted by molar-refractivity contribution is 0.664. The lowest BCUT2D eigenvalue weighted by atomic mass is 10.2. The number of allylic oxidation sites excluding steroid dienone is 2. The van der Waals surface area contributed by atoms with Crippen molar-refractivity contribution in [2.24, 2.45) is 0 Å². The number of hydrogen-bond acceptors (Lipinski definition) is 2. The van der Waals surface area contributed by atoms with Crippen LogP contribution in [-0.4, -0.2) is 6.54 Å². The van der Waals surface area contributed by atoms with Crippen LogP contribution in [-0.2, 0) is 0 Å². The van der Waals surface area contributed by atoms with E-state index in [1.807, 2.05) is 12.3 Å². The van der Waals surface area contributed by atoms with Crippen molar-refractivity contribution in [2.45, 2.75) is 13.3 Å². The lowest BCUT2D eigenvalue weighted by Gasteiger charge is -2.01. The molecule has 0 radical (unpaired) electrons. The lowest BCUT2D eigenvalue weighted by Crippen LogP contribution is -2.27. The fourth-order valence-corrected chi connectivity index (χ4v) is 0.758. The van der Waals surface area contributed by atoms with Crippen molar-refractivity contribution in [2.75, 3.05) is 6.54 Å².